The molecule has 74 valence electrons. The van der Waals surface area contributed by atoms with Crippen LogP contribution in [-0.4, -0.2) is 4.92 Å². The van der Waals surface area contributed by atoms with Gasteiger partial charge in [-0.25, -0.2) is 0 Å². The Morgan fingerprint density at radius 3 is 2.29 bits per heavy atom. The van der Waals surface area contributed by atoms with Gasteiger partial charge in [0.2, 0.25) is 6.20 Å². The van der Waals surface area contributed by atoms with Gasteiger partial charge < -0.3 is 5.73 Å². The van der Waals surface area contributed by atoms with Gasteiger partial charge in [0.1, 0.15) is 0 Å². The third kappa shape index (κ3) is 2.61. The van der Waals surface area contributed by atoms with Crippen LogP contribution >= 0.6 is 23.2 Å². The van der Waals surface area contributed by atoms with E-state index in [-0.39, 0.29) is 15.7 Å². The zero-order valence-corrected chi connectivity index (χ0v) is 8.42. The first-order chi connectivity index (χ1) is 6.50. The van der Waals surface area contributed by atoms with Crippen molar-refractivity contribution < 1.29 is 4.92 Å². The van der Waals surface area contributed by atoms with Crippen molar-refractivity contribution in [2.75, 3.05) is 5.73 Å². The molecule has 0 aromatic heterocycles. The topological polar surface area (TPSA) is 69.2 Å². The molecule has 0 saturated heterocycles. The molecule has 0 saturated carbocycles. The fraction of sp³-hybridized carbons (Fsp3) is 0. The number of nitro groups is 1. The van der Waals surface area contributed by atoms with Gasteiger partial charge in [-0.1, -0.05) is 23.2 Å². The number of benzene rings is 1. The molecule has 2 N–H and O–H groups in total. The number of anilines is 1. The lowest BCUT2D eigenvalue weighted by atomic mass is 10.2. The number of nitrogens with zero attached hydrogens (tertiary/aromatic N) is 1. The number of hydrogen-bond acceptors (Lipinski definition) is 3. The quantitative estimate of drug-likeness (QED) is 0.485. The number of nitrogen functional groups attached to an aromatic ring is 1. The Hall–Kier alpha value is -1.26. The van der Waals surface area contributed by atoms with E-state index in [2.05, 4.69) is 0 Å². The second-order valence-corrected chi connectivity index (χ2v) is 3.31. The average Bonchev–Trinajstić information content (AvgIpc) is 2.10. The molecule has 6 heteroatoms. The van der Waals surface area contributed by atoms with Crippen molar-refractivity contribution in [3.63, 3.8) is 0 Å². The molecule has 1 aromatic carbocycles. The number of rotatable bonds is 2. The zero-order valence-electron chi connectivity index (χ0n) is 6.91. The van der Waals surface area contributed by atoms with Crippen LogP contribution in [0, 0.1) is 10.1 Å². The standard InChI is InChI=1S/C8H6Cl2N2O2/c9-6-3-5(1-2-12(13)14)4-7(10)8(6)11/h1-4H,11H2. The smallest absolute Gasteiger partial charge is 0.235 e. The van der Waals surface area contributed by atoms with E-state index < -0.39 is 4.92 Å². The molecule has 14 heavy (non-hydrogen) atoms. The number of nitrogens with two attached hydrogens (primary N) is 1. The van der Waals surface area contributed by atoms with Crippen LogP contribution in [0.1, 0.15) is 5.56 Å². The monoisotopic (exact) mass is 232 g/mol. The maximum Gasteiger partial charge on any atom is 0.235 e. The van der Waals surface area contributed by atoms with Gasteiger partial charge in [0.15, 0.2) is 0 Å². The Kier molecular flexibility index (Phi) is 3.33. The predicted molar refractivity (Wildman–Crippen MR) is 56.9 cm³/mol. The van der Waals surface area contributed by atoms with Crippen LogP contribution in [0.5, 0.6) is 0 Å². The second kappa shape index (κ2) is 4.30. The predicted octanol–water partition coefficient (Wildman–Crippen LogP) is 2.82. The average molecular weight is 233 g/mol. The summed E-state index contributed by atoms with van der Waals surface area (Å²) in [6, 6.07) is 3.01. The van der Waals surface area contributed by atoms with E-state index in [9.17, 15) is 10.1 Å². The van der Waals surface area contributed by atoms with Gasteiger partial charge in [0, 0.05) is 6.08 Å². The van der Waals surface area contributed by atoms with Crippen LogP contribution < -0.4 is 5.73 Å². The summed E-state index contributed by atoms with van der Waals surface area (Å²) in [6.07, 6.45) is 2.09. The fourth-order valence-electron chi connectivity index (χ4n) is 0.847. The third-order valence-corrected chi connectivity index (χ3v) is 2.12. The molecule has 0 aliphatic rings. The maximum atomic E-state index is 10.0. The van der Waals surface area contributed by atoms with Crippen molar-refractivity contribution in [1.82, 2.24) is 0 Å². The van der Waals surface area contributed by atoms with E-state index in [4.69, 9.17) is 28.9 Å². The molecule has 0 fully saturated rings. The minimum atomic E-state index is -0.571. The molecule has 0 spiro atoms. The SMILES string of the molecule is Nc1c(Cl)cc(C=C[N+](=O)[O-])cc1Cl. The molecule has 1 aromatic rings. The van der Waals surface area contributed by atoms with Crippen molar-refractivity contribution in [1.29, 1.82) is 0 Å². The van der Waals surface area contributed by atoms with Gasteiger partial charge in [0.25, 0.3) is 0 Å². The molecule has 0 radical (unpaired) electrons. The van der Waals surface area contributed by atoms with E-state index >= 15 is 0 Å². The second-order valence-electron chi connectivity index (χ2n) is 2.50. The normalized spacial score (nSPS) is 10.7. The summed E-state index contributed by atoms with van der Waals surface area (Å²) in [5.74, 6) is 0. The summed E-state index contributed by atoms with van der Waals surface area (Å²) >= 11 is 11.4. The van der Waals surface area contributed by atoms with E-state index in [1.807, 2.05) is 0 Å². The van der Waals surface area contributed by atoms with E-state index in [0.29, 0.717) is 5.56 Å². The van der Waals surface area contributed by atoms with E-state index in [0.717, 1.165) is 6.20 Å². The van der Waals surface area contributed by atoms with Crippen LogP contribution in [0.25, 0.3) is 6.08 Å². The van der Waals surface area contributed by atoms with Crippen molar-refractivity contribution in [3.8, 4) is 0 Å². The molecule has 0 unspecified atom stereocenters. The zero-order chi connectivity index (χ0) is 10.7. The molecule has 0 bridgehead atoms. The number of hydrogen-bond donors (Lipinski definition) is 1. The van der Waals surface area contributed by atoms with E-state index in [1.54, 1.807) is 0 Å². The van der Waals surface area contributed by atoms with Crippen LogP contribution in [0.4, 0.5) is 5.69 Å². The minimum Gasteiger partial charge on any atom is -0.396 e. The Morgan fingerprint density at radius 2 is 1.86 bits per heavy atom. The van der Waals surface area contributed by atoms with Crippen molar-refractivity contribution in [3.05, 3.63) is 44.1 Å². The highest BCUT2D eigenvalue weighted by Crippen LogP contribution is 2.29. The largest absolute Gasteiger partial charge is 0.396 e. The van der Waals surface area contributed by atoms with Crippen LogP contribution in [0.2, 0.25) is 10.0 Å². The molecule has 4 nitrogen and oxygen atoms in total. The molecule has 0 aliphatic carbocycles. The van der Waals surface area contributed by atoms with Crippen molar-refractivity contribution in [2.45, 2.75) is 0 Å². The van der Waals surface area contributed by atoms with Crippen LogP contribution in [0.3, 0.4) is 0 Å². The van der Waals surface area contributed by atoms with Gasteiger partial charge in [0.05, 0.1) is 20.7 Å². The lowest BCUT2D eigenvalue weighted by Crippen LogP contribution is -1.89. The van der Waals surface area contributed by atoms with Gasteiger partial charge in [-0.15, -0.1) is 0 Å². The summed E-state index contributed by atoms with van der Waals surface area (Å²) in [5.41, 5.74) is 6.29. The van der Waals surface area contributed by atoms with Gasteiger partial charge >= 0.3 is 0 Å². The molecule has 1 rings (SSSR count). The summed E-state index contributed by atoms with van der Waals surface area (Å²) in [5, 5.41) is 10.6. The lowest BCUT2D eigenvalue weighted by Gasteiger charge is -2.01. The molecule has 0 atom stereocenters. The summed E-state index contributed by atoms with van der Waals surface area (Å²) in [4.78, 5) is 9.47. The first-order valence-electron chi connectivity index (χ1n) is 3.57. The van der Waals surface area contributed by atoms with Crippen molar-refractivity contribution in [2.24, 2.45) is 0 Å². The maximum absolute atomic E-state index is 10.0. The summed E-state index contributed by atoms with van der Waals surface area (Å²) in [6.45, 7) is 0. The fourth-order valence-corrected chi connectivity index (χ4v) is 1.35. The Morgan fingerprint density at radius 1 is 1.36 bits per heavy atom. The van der Waals surface area contributed by atoms with Crippen LogP contribution in [0.15, 0.2) is 18.3 Å². The lowest BCUT2D eigenvalue weighted by molar-refractivity contribution is -0.400. The molecule has 0 aliphatic heterocycles. The third-order valence-electron chi connectivity index (χ3n) is 1.49. The Balaban J connectivity index is 3.07. The number of halogens is 2. The highest BCUT2D eigenvalue weighted by atomic mass is 35.5. The molecular formula is C8H6Cl2N2O2. The van der Waals surface area contributed by atoms with E-state index in [1.165, 1.54) is 18.2 Å². The van der Waals surface area contributed by atoms with Gasteiger partial charge in [-0.3, -0.25) is 10.1 Å². The summed E-state index contributed by atoms with van der Waals surface area (Å²) in [7, 11) is 0. The van der Waals surface area contributed by atoms with Crippen LogP contribution in [-0.2, 0) is 0 Å². The molecule has 0 heterocycles. The Bertz CT molecular complexity index is 381. The first-order valence-corrected chi connectivity index (χ1v) is 4.32. The van der Waals surface area contributed by atoms with Crippen molar-refractivity contribution >= 4 is 35.0 Å². The van der Waals surface area contributed by atoms with Gasteiger partial charge in [-0.05, 0) is 17.7 Å². The molecular weight excluding hydrogens is 227 g/mol. The highest BCUT2D eigenvalue weighted by molar-refractivity contribution is 6.39. The minimum absolute atomic E-state index is 0.270. The summed E-state index contributed by atoms with van der Waals surface area (Å²) < 4.78 is 0. The first kappa shape index (κ1) is 10.8. The highest BCUT2D eigenvalue weighted by Gasteiger charge is 2.03. The van der Waals surface area contributed by atoms with Gasteiger partial charge in [-0.2, -0.15) is 0 Å². The molecule has 0 amide bonds. The Labute approximate surface area is 90.1 Å².